The van der Waals surface area contributed by atoms with E-state index in [4.69, 9.17) is 28.9 Å². The number of hydrogen-bond acceptors (Lipinski definition) is 4. The van der Waals surface area contributed by atoms with Crippen LogP contribution in [-0.4, -0.2) is 13.4 Å². The van der Waals surface area contributed by atoms with Gasteiger partial charge in [-0.15, -0.1) is 0 Å². The lowest BCUT2D eigenvalue weighted by molar-refractivity contribution is 0.601. The van der Waals surface area contributed by atoms with E-state index in [0.717, 1.165) is 0 Å². The van der Waals surface area contributed by atoms with Crippen molar-refractivity contribution in [2.75, 3.05) is 10.5 Å². The Balaban J connectivity index is 2.43. The summed E-state index contributed by atoms with van der Waals surface area (Å²) in [4.78, 5) is 3.73. The number of hydrogen-bond donors (Lipinski definition) is 2. The predicted octanol–water partition coefficient (Wildman–Crippen LogP) is 3.53. The van der Waals surface area contributed by atoms with E-state index >= 15 is 0 Å². The Kier molecular flexibility index (Phi) is 4.43. The summed E-state index contributed by atoms with van der Waals surface area (Å²) < 4.78 is 27.2. The van der Waals surface area contributed by atoms with Crippen molar-refractivity contribution in [2.45, 2.75) is 4.90 Å². The zero-order valence-corrected chi connectivity index (χ0v) is 13.7. The molecule has 0 saturated heterocycles. The van der Waals surface area contributed by atoms with Gasteiger partial charge in [0.2, 0.25) is 0 Å². The van der Waals surface area contributed by atoms with Crippen molar-refractivity contribution in [3.05, 3.63) is 45.1 Å². The molecule has 0 unspecified atom stereocenters. The largest absolute Gasteiger partial charge is 0.398 e. The zero-order chi connectivity index (χ0) is 14.9. The smallest absolute Gasteiger partial charge is 0.263 e. The van der Waals surface area contributed by atoms with Crippen LogP contribution in [-0.2, 0) is 10.0 Å². The number of halogens is 3. The molecule has 0 amide bonds. The minimum Gasteiger partial charge on any atom is -0.398 e. The highest BCUT2D eigenvalue weighted by Crippen LogP contribution is 2.32. The molecule has 1 aromatic carbocycles. The fourth-order valence-corrected chi connectivity index (χ4v) is 3.87. The van der Waals surface area contributed by atoms with Gasteiger partial charge in [0.1, 0.15) is 10.0 Å². The third kappa shape index (κ3) is 3.35. The summed E-state index contributed by atoms with van der Waals surface area (Å²) in [5.41, 5.74) is 6.18. The Morgan fingerprint density at radius 2 is 1.95 bits per heavy atom. The third-order valence-corrected chi connectivity index (χ3v) is 5.30. The van der Waals surface area contributed by atoms with Gasteiger partial charge in [0.05, 0.1) is 16.4 Å². The Labute approximate surface area is 134 Å². The van der Waals surface area contributed by atoms with Gasteiger partial charge in [-0.1, -0.05) is 23.2 Å². The standard InChI is InChI=1S/C11H8BrCl2N3O2S/c12-11-8(15)3-6(13)4-9(11)20(18,19)17-7-1-2-10(14)16-5-7/h1-5,17H,15H2. The van der Waals surface area contributed by atoms with Crippen LogP contribution in [0, 0.1) is 0 Å². The molecular weight excluding hydrogens is 389 g/mol. The molecule has 0 bridgehead atoms. The van der Waals surface area contributed by atoms with E-state index in [9.17, 15) is 8.42 Å². The molecule has 0 spiro atoms. The summed E-state index contributed by atoms with van der Waals surface area (Å²) in [7, 11) is -3.85. The fourth-order valence-electron chi connectivity index (χ4n) is 1.43. The van der Waals surface area contributed by atoms with E-state index in [1.165, 1.54) is 30.5 Å². The second kappa shape index (κ2) is 5.77. The monoisotopic (exact) mass is 395 g/mol. The lowest BCUT2D eigenvalue weighted by atomic mass is 10.3. The topological polar surface area (TPSA) is 85.1 Å². The molecule has 0 atom stereocenters. The normalized spacial score (nSPS) is 11.3. The Morgan fingerprint density at radius 3 is 2.55 bits per heavy atom. The van der Waals surface area contributed by atoms with Gasteiger partial charge in [0, 0.05) is 10.7 Å². The highest BCUT2D eigenvalue weighted by Gasteiger charge is 2.20. The molecule has 0 aliphatic rings. The van der Waals surface area contributed by atoms with Crippen LogP contribution in [0.25, 0.3) is 0 Å². The summed E-state index contributed by atoms with van der Waals surface area (Å²) in [6.07, 6.45) is 1.31. The van der Waals surface area contributed by atoms with Crippen LogP contribution in [0.2, 0.25) is 10.2 Å². The Morgan fingerprint density at radius 1 is 1.25 bits per heavy atom. The van der Waals surface area contributed by atoms with Crippen LogP contribution in [0.15, 0.2) is 39.8 Å². The molecule has 0 radical (unpaired) electrons. The first-order chi connectivity index (χ1) is 9.29. The van der Waals surface area contributed by atoms with Crippen molar-refractivity contribution in [3.8, 4) is 0 Å². The molecule has 0 aliphatic carbocycles. The molecule has 0 fully saturated rings. The quantitative estimate of drug-likeness (QED) is 0.613. The number of aromatic nitrogens is 1. The molecule has 0 saturated carbocycles. The first-order valence-corrected chi connectivity index (χ1v) is 8.22. The number of rotatable bonds is 3. The van der Waals surface area contributed by atoms with Crippen LogP contribution < -0.4 is 10.5 Å². The van der Waals surface area contributed by atoms with Gasteiger partial charge >= 0.3 is 0 Å². The highest BCUT2D eigenvalue weighted by atomic mass is 79.9. The molecule has 2 rings (SSSR count). The minimum absolute atomic E-state index is 0.0579. The number of nitrogens with two attached hydrogens (primary N) is 1. The SMILES string of the molecule is Nc1cc(Cl)cc(S(=O)(=O)Nc2ccc(Cl)nc2)c1Br. The van der Waals surface area contributed by atoms with Gasteiger partial charge in [-0.2, -0.15) is 0 Å². The molecule has 1 aromatic heterocycles. The van der Waals surface area contributed by atoms with E-state index < -0.39 is 10.0 Å². The van der Waals surface area contributed by atoms with Crippen LogP contribution in [0.3, 0.4) is 0 Å². The Bertz CT molecular complexity index is 751. The summed E-state index contributed by atoms with van der Waals surface area (Å²) in [6.45, 7) is 0. The second-order valence-electron chi connectivity index (χ2n) is 3.78. The first-order valence-electron chi connectivity index (χ1n) is 5.18. The molecule has 2 aromatic rings. The van der Waals surface area contributed by atoms with Crippen LogP contribution in [0.4, 0.5) is 11.4 Å². The molecule has 0 aliphatic heterocycles. The van der Waals surface area contributed by atoms with E-state index in [-0.39, 0.29) is 30.9 Å². The number of benzene rings is 1. The maximum Gasteiger partial charge on any atom is 0.263 e. The van der Waals surface area contributed by atoms with Gasteiger partial charge in [0.25, 0.3) is 10.0 Å². The predicted molar refractivity (Wildman–Crippen MR) is 83.6 cm³/mol. The zero-order valence-electron chi connectivity index (χ0n) is 9.77. The van der Waals surface area contributed by atoms with Crippen molar-refractivity contribution in [3.63, 3.8) is 0 Å². The number of nitrogen functional groups attached to an aromatic ring is 1. The summed E-state index contributed by atoms with van der Waals surface area (Å²) >= 11 is 14.6. The van der Waals surface area contributed by atoms with E-state index in [0.29, 0.717) is 0 Å². The summed E-state index contributed by atoms with van der Waals surface area (Å²) in [5, 5.41) is 0.487. The molecule has 9 heteroatoms. The molecule has 20 heavy (non-hydrogen) atoms. The van der Waals surface area contributed by atoms with E-state index in [2.05, 4.69) is 25.6 Å². The number of sulfonamides is 1. The highest BCUT2D eigenvalue weighted by molar-refractivity contribution is 9.10. The number of pyridine rings is 1. The fraction of sp³-hybridized carbons (Fsp3) is 0. The van der Waals surface area contributed by atoms with Gasteiger partial charge in [-0.25, -0.2) is 13.4 Å². The van der Waals surface area contributed by atoms with Gasteiger partial charge in [-0.05, 0) is 40.2 Å². The van der Waals surface area contributed by atoms with Crippen molar-refractivity contribution >= 4 is 60.5 Å². The van der Waals surface area contributed by atoms with Crippen LogP contribution in [0.1, 0.15) is 0 Å². The third-order valence-electron chi connectivity index (χ3n) is 2.30. The maximum atomic E-state index is 12.3. The molecule has 106 valence electrons. The van der Waals surface area contributed by atoms with Gasteiger partial charge < -0.3 is 5.73 Å². The maximum absolute atomic E-state index is 12.3. The van der Waals surface area contributed by atoms with Crippen molar-refractivity contribution in [1.82, 2.24) is 4.98 Å². The first kappa shape index (κ1) is 15.4. The number of nitrogens with zero attached hydrogens (tertiary/aromatic N) is 1. The van der Waals surface area contributed by atoms with E-state index in [1.54, 1.807) is 0 Å². The number of nitrogens with one attached hydrogen (secondary N) is 1. The summed E-state index contributed by atoms with van der Waals surface area (Å²) in [5.74, 6) is 0. The average molecular weight is 397 g/mol. The molecule has 1 heterocycles. The van der Waals surface area contributed by atoms with E-state index in [1.807, 2.05) is 0 Å². The van der Waals surface area contributed by atoms with Gasteiger partial charge in [0.15, 0.2) is 0 Å². The average Bonchev–Trinajstić information content (AvgIpc) is 2.36. The van der Waals surface area contributed by atoms with Crippen LogP contribution >= 0.6 is 39.1 Å². The Hall–Kier alpha value is -1.02. The van der Waals surface area contributed by atoms with Gasteiger partial charge in [-0.3, -0.25) is 4.72 Å². The lowest BCUT2D eigenvalue weighted by Gasteiger charge is -2.11. The molecule has 5 nitrogen and oxygen atoms in total. The minimum atomic E-state index is -3.85. The van der Waals surface area contributed by atoms with Crippen molar-refractivity contribution in [2.24, 2.45) is 0 Å². The molecular formula is C11H8BrCl2N3O2S. The van der Waals surface area contributed by atoms with Crippen molar-refractivity contribution in [1.29, 1.82) is 0 Å². The van der Waals surface area contributed by atoms with Crippen LogP contribution in [0.5, 0.6) is 0 Å². The molecule has 3 N–H and O–H groups in total. The van der Waals surface area contributed by atoms with Crippen molar-refractivity contribution < 1.29 is 8.42 Å². The number of anilines is 2. The second-order valence-corrected chi connectivity index (χ2v) is 7.05. The lowest BCUT2D eigenvalue weighted by Crippen LogP contribution is -2.14. The summed E-state index contributed by atoms with van der Waals surface area (Å²) in [6, 6.07) is 5.72.